The van der Waals surface area contributed by atoms with Gasteiger partial charge in [0, 0.05) is 0 Å². The van der Waals surface area contributed by atoms with Gasteiger partial charge in [0.2, 0.25) is 0 Å². The highest BCUT2D eigenvalue weighted by Crippen LogP contribution is 2.49. The monoisotopic (exact) mass is 236 g/mol. The second kappa shape index (κ2) is 5.39. The van der Waals surface area contributed by atoms with Crippen molar-refractivity contribution in [3.05, 3.63) is 24.3 Å². The van der Waals surface area contributed by atoms with Crippen LogP contribution >= 0.6 is 0 Å². The van der Waals surface area contributed by atoms with Crippen LogP contribution in [-0.2, 0) is 0 Å². The number of unbranched alkanes of at least 4 members (excludes halogenated alkanes) is 2. The van der Waals surface area contributed by atoms with E-state index >= 15 is 0 Å². The van der Waals surface area contributed by atoms with Crippen molar-refractivity contribution in [3.8, 4) is 0 Å². The molecule has 1 heteroatoms. The van der Waals surface area contributed by atoms with Crippen molar-refractivity contribution in [3.63, 3.8) is 0 Å². The summed E-state index contributed by atoms with van der Waals surface area (Å²) in [5.41, 5.74) is 1.02. The molecule has 0 aliphatic heterocycles. The van der Waals surface area contributed by atoms with Gasteiger partial charge in [0.05, 0.1) is 5.60 Å². The summed E-state index contributed by atoms with van der Waals surface area (Å²) in [6.45, 7) is 12.5. The lowest BCUT2D eigenvalue weighted by Gasteiger charge is -2.40. The van der Waals surface area contributed by atoms with E-state index in [1.54, 1.807) is 0 Å². The highest BCUT2D eigenvalue weighted by atomic mass is 16.3. The van der Waals surface area contributed by atoms with E-state index in [0.29, 0.717) is 5.92 Å². The van der Waals surface area contributed by atoms with Crippen LogP contribution in [0.3, 0.4) is 0 Å². The number of hydrogen-bond acceptors (Lipinski definition) is 1. The van der Waals surface area contributed by atoms with Crippen molar-refractivity contribution < 1.29 is 5.11 Å². The van der Waals surface area contributed by atoms with Gasteiger partial charge in [0.1, 0.15) is 0 Å². The smallest absolute Gasteiger partial charge is 0.0659 e. The normalized spacial score (nSPS) is 26.4. The number of aliphatic hydroxyl groups is 1. The van der Waals surface area contributed by atoms with Gasteiger partial charge in [-0.2, -0.15) is 0 Å². The molecule has 1 rings (SSSR count). The van der Waals surface area contributed by atoms with E-state index in [2.05, 4.69) is 33.4 Å². The molecule has 1 N–H and O–H groups in total. The molecule has 1 aliphatic carbocycles. The molecule has 0 radical (unpaired) electrons. The largest absolute Gasteiger partial charge is 0.390 e. The fraction of sp³-hybridized carbons (Fsp3) is 0.750. The highest BCUT2D eigenvalue weighted by molar-refractivity contribution is 5.20. The lowest BCUT2D eigenvalue weighted by Crippen LogP contribution is -2.41. The number of allylic oxidation sites excluding steroid dienone is 3. The second-order valence-corrected chi connectivity index (χ2v) is 6.29. The molecule has 0 fully saturated rings. The van der Waals surface area contributed by atoms with Gasteiger partial charge < -0.3 is 5.11 Å². The lowest BCUT2D eigenvalue weighted by atomic mass is 9.68. The summed E-state index contributed by atoms with van der Waals surface area (Å²) >= 11 is 0. The Kier molecular flexibility index (Phi) is 4.60. The molecule has 0 amide bonds. The topological polar surface area (TPSA) is 20.2 Å². The average molecular weight is 236 g/mol. The van der Waals surface area contributed by atoms with Gasteiger partial charge in [0.25, 0.3) is 0 Å². The Hall–Kier alpha value is -0.560. The Morgan fingerprint density at radius 3 is 2.65 bits per heavy atom. The van der Waals surface area contributed by atoms with Crippen LogP contribution in [0.2, 0.25) is 0 Å². The van der Waals surface area contributed by atoms with E-state index in [0.717, 1.165) is 32.1 Å². The number of rotatable bonds is 6. The van der Waals surface area contributed by atoms with Crippen molar-refractivity contribution in [1.82, 2.24) is 0 Å². The summed E-state index contributed by atoms with van der Waals surface area (Å²) in [6.07, 6.45) is 9.46. The molecule has 0 spiro atoms. The molecule has 0 bridgehead atoms. The zero-order valence-corrected chi connectivity index (χ0v) is 11.9. The fourth-order valence-corrected chi connectivity index (χ4v) is 3.10. The van der Waals surface area contributed by atoms with E-state index in [1.807, 2.05) is 13.0 Å². The van der Waals surface area contributed by atoms with Crippen molar-refractivity contribution >= 4 is 0 Å². The van der Waals surface area contributed by atoms with E-state index in [9.17, 15) is 5.11 Å². The molecule has 0 saturated heterocycles. The summed E-state index contributed by atoms with van der Waals surface area (Å²) in [5.74, 6) is 0.360. The molecule has 1 aliphatic rings. The Labute approximate surface area is 107 Å². The van der Waals surface area contributed by atoms with Crippen molar-refractivity contribution in [2.24, 2.45) is 11.3 Å². The lowest BCUT2D eigenvalue weighted by molar-refractivity contribution is -0.0427. The first kappa shape index (κ1) is 14.5. The van der Waals surface area contributed by atoms with Gasteiger partial charge in [-0.1, -0.05) is 38.0 Å². The molecule has 0 aromatic carbocycles. The Morgan fingerprint density at radius 1 is 1.53 bits per heavy atom. The third kappa shape index (κ3) is 3.22. The fourth-order valence-electron chi connectivity index (χ4n) is 3.10. The molecule has 2 unspecified atom stereocenters. The summed E-state index contributed by atoms with van der Waals surface area (Å²) in [4.78, 5) is 0. The molecule has 0 heterocycles. The maximum atomic E-state index is 10.7. The quantitative estimate of drug-likeness (QED) is 0.532. The van der Waals surface area contributed by atoms with Gasteiger partial charge in [-0.25, -0.2) is 0 Å². The van der Waals surface area contributed by atoms with Crippen LogP contribution in [0, 0.1) is 11.3 Å². The van der Waals surface area contributed by atoms with Crippen LogP contribution in [0.25, 0.3) is 0 Å². The minimum Gasteiger partial charge on any atom is -0.390 e. The number of hydrogen-bond donors (Lipinski definition) is 1. The van der Waals surface area contributed by atoms with Crippen LogP contribution < -0.4 is 0 Å². The predicted octanol–water partition coefficient (Wildman–Crippen LogP) is 4.48. The minimum atomic E-state index is -0.543. The van der Waals surface area contributed by atoms with Crippen molar-refractivity contribution in [2.75, 3.05) is 0 Å². The summed E-state index contributed by atoms with van der Waals surface area (Å²) in [7, 11) is 0. The Morgan fingerprint density at radius 2 is 2.18 bits per heavy atom. The van der Waals surface area contributed by atoms with E-state index < -0.39 is 5.60 Å². The molecule has 1 nitrogen and oxygen atoms in total. The first-order valence-electron chi connectivity index (χ1n) is 6.83. The van der Waals surface area contributed by atoms with Gasteiger partial charge in [-0.15, -0.1) is 6.58 Å². The van der Waals surface area contributed by atoms with E-state index in [1.165, 1.54) is 5.57 Å². The summed E-state index contributed by atoms with van der Waals surface area (Å²) < 4.78 is 0. The van der Waals surface area contributed by atoms with Crippen LogP contribution in [-0.4, -0.2) is 10.7 Å². The maximum absolute atomic E-state index is 10.7. The van der Waals surface area contributed by atoms with Crippen molar-refractivity contribution in [1.29, 1.82) is 0 Å². The second-order valence-electron chi connectivity index (χ2n) is 6.29. The molecule has 0 aromatic heterocycles. The van der Waals surface area contributed by atoms with E-state index in [4.69, 9.17) is 0 Å². The molecule has 0 saturated carbocycles. The molecule has 0 aromatic rings. The van der Waals surface area contributed by atoms with Gasteiger partial charge in [-0.3, -0.25) is 0 Å². The van der Waals surface area contributed by atoms with Gasteiger partial charge in [0.15, 0.2) is 0 Å². The van der Waals surface area contributed by atoms with E-state index in [-0.39, 0.29) is 5.41 Å². The minimum absolute atomic E-state index is 0.141. The molecular weight excluding hydrogens is 208 g/mol. The average Bonchev–Trinajstić information content (AvgIpc) is 2.49. The van der Waals surface area contributed by atoms with Crippen LogP contribution in [0.15, 0.2) is 24.3 Å². The van der Waals surface area contributed by atoms with Crippen LogP contribution in [0.1, 0.15) is 59.8 Å². The van der Waals surface area contributed by atoms with Crippen molar-refractivity contribution in [2.45, 2.75) is 65.4 Å². The zero-order valence-electron chi connectivity index (χ0n) is 11.9. The summed E-state index contributed by atoms with van der Waals surface area (Å²) in [6, 6.07) is 0. The standard InChI is InChI=1S/C16H28O/c1-6-7-8-9-12-16(5,17)14-11-10-13(2)15(14,3)4/h6,10,14,17H,1,7-9,11-12H2,2-5H3. The van der Waals surface area contributed by atoms with Gasteiger partial charge >= 0.3 is 0 Å². The predicted molar refractivity (Wildman–Crippen MR) is 74.9 cm³/mol. The third-order valence-corrected chi connectivity index (χ3v) is 4.64. The molecule has 2 atom stereocenters. The SMILES string of the molecule is C=CCCCCC(C)(O)C1CC=C(C)C1(C)C. The Bertz CT molecular complexity index is 297. The maximum Gasteiger partial charge on any atom is 0.0659 e. The first-order chi connectivity index (χ1) is 7.82. The molecule has 98 valence electrons. The first-order valence-corrected chi connectivity index (χ1v) is 6.83. The molecular formula is C16H28O. The summed E-state index contributed by atoms with van der Waals surface area (Å²) in [5, 5.41) is 10.7. The van der Waals surface area contributed by atoms with Crippen LogP contribution in [0.4, 0.5) is 0 Å². The highest BCUT2D eigenvalue weighted by Gasteiger charge is 2.44. The van der Waals surface area contributed by atoms with Crippen LogP contribution in [0.5, 0.6) is 0 Å². The van der Waals surface area contributed by atoms with Gasteiger partial charge in [-0.05, 0) is 50.9 Å². The third-order valence-electron chi connectivity index (χ3n) is 4.64. The zero-order chi connectivity index (χ0) is 13.1. The molecule has 17 heavy (non-hydrogen) atoms. The Balaban J connectivity index is 2.56.